The number of carbonyl (C=O) groups excluding carboxylic acids is 1. The molecule has 0 atom stereocenters. The normalized spacial score (nSPS) is 11.8. The fourth-order valence-electron chi connectivity index (χ4n) is 1.20. The van der Waals surface area contributed by atoms with Gasteiger partial charge in [0.15, 0.2) is 5.13 Å². The maximum absolute atomic E-state index is 11.8. The van der Waals surface area contributed by atoms with E-state index in [-0.39, 0.29) is 5.91 Å². The molecule has 90 valence electrons. The lowest BCUT2D eigenvalue weighted by Gasteiger charge is -2.13. The first-order chi connectivity index (χ1) is 7.86. The van der Waals surface area contributed by atoms with Gasteiger partial charge in [0.1, 0.15) is 0 Å². The molecule has 0 spiro atoms. The molecule has 0 unspecified atom stereocenters. The first-order valence-electron chi connectivity index (χ1n) is 4.93. The Labute approximate surface area is 116 Å². The molecule has 6 heteroatoms. The van der Waals surface area contributed by atoms with E-state index in [1.165, 1.54) is 11.3 Å². The summed E-state index contributed by atoms with van der Waals surface area (Å²) in [5.74, 6) is -0.123. The molecule has 0 saturated heterocycles. The van der Waals surface area contributed by atoms with Crippen molar-refractivity contribution in [3.63, 3.8) is 0 Å². The number of anilines is 1. The van der Waals surface area contributed by atoms with Crippen molar-refractivity contribution in [2.45, 2.75) is 18.2 Å². The Morgan fingerprint density at radius 1 is 1.53 bits per heavy atom. The molecule has 1 aromatic carbocycles. The van der Waals surface area contributed by atoms with E-state index in [9.17, 15) is 4.79 Å². The summed E-state index contributed by atoms with van der Waals surface area (Å²) in [6.45, 7) is 3.57. The monoisotopic (exact) mass is 332 g/mol. The summed E-state index contributed by atoms with van der Waals surface area (Å²) >= 11 is 10.6. The molecule has 2 rings (SSSR count). The SMILES string of the molecule is CC(C)(Br)C(=O)Nc1nc2ccc(Cl)cc2s1. The van der Waals surface area contributed by atoms with Crippen LogP contribution >= 0.6 is 38.9 Å². The van der Waals surface area contributed by atoms with Crippen LogP contribution in [0.15, 0.2) is 18.2 Å². The third kappa shape index (κ3) is 2.97. The van der Waals surface area contributed by atoms with Crippen LogP contribution in [0.25, 0.3) is 10.2 Å². The molecular weight excluding hydrogens is 324 g/mol. The number of hydrogen-bond donors (Lipinski definition) is 1. The molecule has 1 amide bonds. The van der Waals surface area contributed by atoms with Gasteiger partial charge < -0.3 is 5.32 Å². The Kier molecular flexibility index (Phi) is 3.43. The fourth-order valence-corrected chi connectivity index (χ4v) is 2.43. The minimum absolute atomic E-state index is 0.123. The third-order valence-corrected chi connectivity index (χ3v) is 3.64. The molecular formula is C11H10BrClN2OS. The van der Waals surface area contributed by atoms with Crippen molar-refractivity contribution in [1.29, 1.82) is 0 Å². The number of carbonyl (C=O) groups is 1. The van der Waals surface area contributed by atoms with Crippen LogP contribution in [-0.2, 0) is 4.79 Å². The van der Waals surface area contributed by atoms with Crippen LogP contribution in [0.3, 0.4) is 0 Å². The molecule has 2 aromatic rings. The van der Waals surface area contributed by atoms with Crippen molar-refractivity contribution in [2.75, 3.05) is 5.32 Å². The molecule has 17 heavy (non-hydrogen) atoms. The average molecular weight is 334 g/mol. The highest BCUT2D eigenvalue weighted by atomic mass is 79.9. The predicted octanol–water partition coefficient (Wildman–Crippen LogP) is 4.06. The lowest BCUT2D eigenvalue weighted by molar-refractivity contribution is -0.117. The van der Waals surface area contributed by atoms with Crippen LogP contribution in [0.5, 0.6) is 0 Å². The zero-order valence-corrected chi connectivity index (χ0v) is 12.4. The Bertz CT molecular complexity index is 576. The van der Waals surface area contributed by atoms with E-state index in [1.807, 2.05) is 12.1 Å². The number of amides is 1. The first-order valence-corrected chi connectivity index (χ1v) is 6.91. The minimum atomic E-state index is -0.609. The highest BCUT2D eigenvalue weighted by Gasteiger charge is 2.24. The summed E-state index contributed by atoms with van der Waals surface area (Å²) in [5, 5.41) is 4.02. The van der Waals surface area contributed by atoms with Gasteiger partial charge in [0.05, 0.1) is 14.5 Å². The number of alkyl halides is 1. The predicted molar refractivity (Wildman–Crippen MR) is 76.3 cm³/mol. The van der Waals surface area contributed by atoms with Gasteiger partial charge in [0.2, 0.25) is 5.91 Å². The summed E-state index contributed by atoms with van der Waals surface area (Å²) in [6.07, 6.45) is 0. The van der Waals surface area contributed by atoms with Crippen LogP contribution in [0.1, 0.15) is 13.8 Å². The molecule has 0 radical (unpaired) electrons. The van der Waals surface area contributed by atoms with Crippen LogP contribution in [0.2, 0.25) is 5.02 Å². The van der Waals surface area contributed by atoms with Gasteiger partial charge in [-0.2, -0.15) is 0 Å². The Hall–Kier alpha value is -0.650. The standard InChI is InChI=1S/C11H10BrClN2OS/c1-11(2,12)9(16)15-10-14-7-4-3-6(13)5-8(7)17-10/h3-5H,1-2H3,(H,14,15,16). The molecule has 1 N–H and O–H groups in total. The van der Waals surface area contributed by atoms with E-state index in [0.717, 1.165) is 10.2 Å². The third-order valence-electron chi connectivity index (χ3n) is 2.11. The molecule has 0 saturated carbocycles. The van der Waals surface area contributed by atoms with Crippen molar-refractivity contribution in [2.24, 2.45) is 0 Å². The zero-order chi connectivity index (χ0) is 12.6. The van der Waals surface area contributed by atoms with Gasteiger partial charge in [0, 0.05) is 5.02 Å². The number of benzene rings is 1. The summed E-state index contributed by atoms with van der Waals surface area (Å²) < 4.78 is 0.350. The Morgan fingerprint density at radius 2 is 2.24 bits per heavy atom. The van der Waals surface area contributed by atoms with Crippen molar-refractivity contribution in [3.05, 3.63) is 23.2 Å². The van der Waals surface area contributed by atoms with Gasteiger partial charge in [-0.1, -0.05) is 38.9 Å². The number of hydrogen-bond acceptors (Lipinski definition) is 3. The molecule has 1 aromatic heterocycles. The summed E-state index contributed by atoms with van der Waals surface area (Å²) in [4.78, 5) is 16.1. The van der Waals surface area contributed by atoms with Gasteiger partial charge in [-0.3, -0.25) is 4.79 Å². The molecule has 3 nitrogen and oxygen atoms in total. The number of thiazole rings is 1. The number of halogens is 2. The van der Waals surface area contributed by atoms with Crippen LogP contribution < -0.4 is 5.32 Å². The van der Waals surface area contributed by atoms with Crippen molar-refractivity contribution < 1.29 is 4.79 Å². The summed E-state index contributed by atoms with van der Waals surface area (Å²) in [7, 11) is 0. The van der Waals surface area contributed by atoms with Gasteiger partial charge in [-0.25, -0.2) is 4.98 Å². The van der Waals surface area contributed by atoms with Crippen molar-refractivity contribution >= 4 is 60.1 Å². The lowest BCUT2D eigenvalue weighted by atomic mass is 10.2. The highest BCUT2D eigenvalue weighted by Crippen LogP contribution is 2.29. The van der Waals surface area contributed by atoms with E-state index < -0.39 is 4.32 Å². The van der Waals surface area contributed by atoms with E-state index in [0.29, 0.717) is 10.2 Å². The van der Waals surface area contributed by atoms with E-state index >= 15 is 0 Å². The fraction of sp³-hybridized carbons (Fsp3) is 0.273. The zero-order valence-electron chi connectivity index (χ0n) is 9.25. The van der Waals surface area contributed by atoms with E-state index in [4.69, 9.17) is 11.6 Å². The van der Waals surface area contributed by atoms with Crippen LogP contribution in [0, 0.1) is 0 Å². The Morgan fingerprint density at radius 3 is 2.88 bits per heavy atom. The topological polar surface area (TPSA) is 42.0 Å². The number of fused-ring (bicyclic) bond motifs is 1. The lowest BCUT2D eigenvalue weighted by Crippen LogP contribution is -2.30. The second kappa shape index (κ2) is 4.55. The number of rotatable bonds is 2. The maximum atomic E-state index is 11.8. The maximum Gasteiger partial charge on any atom is 0.242 e. The number of nitrogens with zero attached hydrogens (tertiary/aromatic N) is 1. The summed E-state index contributed by atoms with van der Waals surface area (Å²) in [6, 6.07) is 5.45. The second-order valence-corrected chi connectivity index (χ2v) is 7.51. The molecule has 0 fully saturated rings. The quantitative estimate of drug-likeness (QED) is 0.842. The van der Waals surface area contributed by atoms with Crippen LogP contribution in [-0.4, -0.2) is 15.2 Å². The number of nitrogens with one attached hydrogen (secondary N) is 1. The van der Waals surface area contributed by atoms with Crippen LogP contribution in [0.4, 0.5) is 5.13 Å². The van der Waals surface area contributed by atoms with E-state index in [1.54, 1.807) is 19.9 Å². The molecule has 0 aliphatic rings. The highest BCUT2D eigenvalue weighted by molar-refractivity contribution is 9.10. The average Bonchev–Trinajstić information content (AvgIpc) is 2.57. The molecule has 0 bridgehead atoms. The molecule has 0 aliphatic carbocycles. The van der Waals surface area contributed by atoms with Gasteiger partial charge in [-0.15, -0.1) is 0 Å². The molecule has 0 aliphatic heterocycles. The van der Waals surface area contributed by atoms with Gasteiger partial charge >= 0.3 is 0 Å². The second-order valence-electron chi connectivity index (χ2n) is 4.06. The van der Waals surface area contributed by atoms with Crippen molar-refractivity contribution in [3.8, 4) is 0 Å². The van der Waals surface area contributed by atoms with Gasteiger partial charge in [-0.05, 0) is 32.0 Å². The smallest absolute Gasteiger partial charge is 0.242 e. The first kappa shape index (κ1) is 12.8. The largest absolute Gasteiger partial charge is 0.301 e. The van der Waals surface area contributed by atoms with Gasteiger partial charge in [0.25, 0.3) is 0 Å². The van der Waals surface area contributed by atoms with E-state index in [2.05, 4.69) is 26.2 Å². The minimum Gasteiger partial charge on any atom is -0.301 e. The Balaban J connectivity index is 2.29. The van der Waals surface area contributed by atoms with Crippen molar-refractivity contribution in [1.82, 2.24) is 4.98 Å². The summed E-state index contributed by atoms with van der Waals surface area (Å²) in [5.41, 5.74) is 0.835. The molecule has 1 heterocycles. The number of aromatic nitrogens is 1.